The van der Waals surface area contributed by atoms with E-state index in [9.17, 15) is 19.9 Å². The molecular weight excluding hydrogens is 495 g/mol. The number of piperazine rings is 1. The van der Waals surface area contributed by atoms with Gasteiger partial charge in [-0.3, -0.25) is 9.88 Å². The van der Waals surface area contributed by atoms with Gasteiger partial charge in [0.15, 0.2) is 0 Å². The van der Waals surface area contributed by atoms with Crippen molar-refractivity contribution in [1.82, 2.24) is 9.88 Å². The van der Waals surface area contributed by atoms with Crippen LogP contribution in [0.4, 0.5) is 10.1 Å². The van der Waals surface area contributed by atoms with Gasteiger partial charge in [-0.25, -0.2) is 4.39 Å². The molecule has 1 saturated heterocycles. The van der Waals surface area contributed by atoms with Crippen molar-refractivity contribution >= 4 is 5.69 Å². The first-order valence-corrected chi connectivity index (χ1v) is 13.3. The second-order valence-electron chi connectivity index (χ2n) is 10.9. The van der Waals surface area contributed by atoms with Crippen LogP contribution in [0.1, 0.15) is 62.5 Å². The third-order valence-electron chi connectivity index (χ3n) is 7.13. The molecule has 2 atom stereocenters. The molecule has 0 spiro atoms. The fraction of sp³-hybridized carbons (Fsp3) is 0.419. The van der Waals surface area contributed by atoms with Crippen molar-refractivity contribution in [3.05, 3.63) is 89.0 Å². The van der Waals surface area contributed by atoms with Crippen LogP contribution in [0.15, 0.2) is 60.8 Å². The lowest BCUT2D eigenvalue weighted by Crippen LogP contribution is -2.52. The smallest absolute Gasteiger partial charge is 0.123 e. The topological polar surface area (TPSA) is 92.8 Å². The van der Waals surface area contributed by atoms with Crippen molar-refractivity contribution in [3.63, 3.8) is 0 Å². The molecule has 0 bridgehead atoms. The lowest BCUT2D eigenvalue weighted by Gasteiger charge is -2.45. The zero-order chi connectivity index (χ0) is 28.2. The maximum Gasteiger partial charge on any atom is 0.123 e. The lowest BCUT2D eigenvalue weighted by atomic mass is 9.93. The van der Waals surface area contributed by atoms with Gasteiger partial charge in [0.05, 0.1) is 29.6 Å². The van der Waals surface area contributed by atoms with Crippen LogP contribution in [-0.4, -0.2) is 52.9 Å². The van der Waals surface area contributed by atoms with E-state index in [4.69, 9.17) is 4.74 Å². The van der Waals surface area contributed by atoms with E-state index in [0.717, 1.165) is 17.7 Å². The van der Waals surface area contributed by atoms with E-state index in [1.54, 1.807) is 57.3 Å². The number of aliphatic hydroxyl groups is 2. The molecule has 7 nitrogen and oxygen atoms in total. The zero-order valence-corrected chi connectivity index (χ0v) is 23.1. The predicted octanol–water partition coefficient (Wildman–Crippen LogP) is 4.88. The first-order chi connectivity index (χ1) is 18.5. The highest BCUT2D eigenvalue weighted by Crippen LogP contribution is 2.36. The number of hydrogen-bond donors (Lipinski definition) is 2. The average Bonchev–Trinajstić information content (AvgIpc) is 2.91. The number of anilines is 1. The summed E-state index contributed by atoms with van der Waals surface area (Å²) in [6.07, 6.45) is 2.49. The van der Waals surface area contributed by atoms with Gasteiger partial charge in [0, 0.05) is 37.9 Å². The van der Waals surface area contributed by atoms with Crippen LogP contribution in [0.5, 0.6) is 5.75 Å². The number of nitrogens with zero attached hydrogens (tertiary/aromatic N) is 4. The number of halogens is 1. The van der Waals surface area contributed by atoms with Crippen LogP contribution in [0.3, 0.4) is 0 Å². The number of benzene rings is 2. The molecule has 1 aromatic heterocycles. The molecule has 39 heavy (non-hydrogen) atoms. The molecule has 0 saturated carbocycles. The summed E-state index contributed by atoms with van der Waals surface area (Å²) in [5, 5.41) is 31.6. The molecule has 2 heterocycles. The van der Waals surface area contributed by atoms with Crippen molar-refractivity contribution in [2.24, 2.45) is 0 Å². The maximum atomic E-state index is 13.8. The molecule has 0 unspecified atom stereocenters. The van der Waals surface area contributed by atoms with Gasteiger partial charge in [0.2, 0.25) is 0 Å². The molecule has 0 radical (unpaired) electrons. The maximum absolute atomic E-state index is 13.8. The molecule has 2 aromatic carbocycles. The van der Waals surface area contributed by atoms with E-state index in [2.05, 4.69) is 20.9 Å². The van der Waals surface area contributed by atoms with Crippen LogP contribution in [0, 0.1) is 17.1 Å². The van der Waals surface area contributed by atoms with Gasteiger partial charge < -0.3 is 19.8 Å². The van der Waals surface area contributed by atoms with Gasteiger partial charge in [-0.05, 0) is 69.2 Å². The first-order valence-electron chi connectivity index (χ1n) is 13.3. The van der Waals surface area contributed by atoms with Gasteiger partial charge in [-0.1, -0.05) is 25.1 Å². The molecule has 4 rings (SSSR count). The molecular formula is C31H37FN4O3. The minimum Gasteiger partial charge on any atom is -0.494 e. The largest absolute Gasteiger partial charge is 0.494 e. The Balaban J connectivity index is 1.60. The summed E-state index contributed by atoms with van der Waals surface area (Å²) in [5.74, 6) is 0.354. The number of ether oxygens (including phenoxy) is 1. The molecule has 1 aliphatic rings. The van der Waals surface area contributed by atoms with E-state index in [1.165, 1.54) is 12.1 Å². The molecule has 2 N–H and O–H groups in total. The standard InChI is InChI=1S/C31H37FN4O3/c1-5-16-39-26-11-12-27(23(17-26)18-33)36-15-14-35(20-28(36)22-6-9-25(32)10-7-22)21-31(4,38)24-8-13-29(34-19-24)30(2,3)37/h6-13,17,19,28,37-38H,5,14-16,20-21H2,1-4H3/t28-,31+/m0/s1. The zero-order valence-electron chi connectivity index (χ0n) is 23.1. The van der Waals surface area contributed by atoms with Gasteiger partial charge in [0.25, 0.3) is 0 Å². The Morgan fingerprint density at radius 3 is 2.44 bits per heavy atom. The Hall–Kier alpha value is -3.51. The quantitative estimate of drug-likeness (QED) is 0.406. The van der Waals surface area contributed by atoms with Crippen molar-refractivity contribution in [2.75, 3.05) is 37.7 Å². The van der Waals surface area contributed by atoms with Crippen LogP contribution < -0.4 is 9.64 Å². The molecule has 0 aliphatic carbocycles. The fourth-order valence-electron chi connectivity index (χ4n) is 5.01. The van der Waals surface area contributed by atoms with Crippen molar-refractivity contribution < 1.29 is 19.3 Å². The van der Waals surface area contributed by atoms with E-state index in [1.807, 2.05) is 19.1 Å². The summed E-state index contributed by atoms with van der Waals surface area (Å²) in [6, 6.07) is 17.7. The lowest BCUT2D eigenvalue weighted by molar-refractivity contribution is 0.00970. The third-order valence-corrected chi connectivity index (χ3v) is 7.13. The average molecular weight is 533 g/mol. The fourth-order valence-corrected chi connectivity index (χ4v) is 5.01. The summed E-state index contributed by atoms with van der Waals surface area (Å²) in [6.45, 7) is 9.90. The Morgan fingerprint density at radius 2 is 1.82 bits per heavy atom. The number of β-amino-alcohol motifs (C(OH)–C–C–N with tert-alkyl or cyclic N) is 1. The van der Waals surface area contributed by atoms with Crippen molar-refractivity contribution in [1.29, 1.82) is 5.26 Å². The molecule has 8 heteroatoms. The van der Waals surface area contributed by atoms with Gasteiger partial charge in [-0.2, -0.15) is 5.26 Å². The Labute approximate surface area is 230 Å². The highest BCUT2D eigenvalue weighted by Gasteiger charge is 2.34. The van der Waals surface area contributed by atoms with Crippen LogP contribution >= 0.6 is 0 Å². The molecule has 206 valence electrons. The predicted molar refractivity (Wildman–Crippen MR) is 149 cm³/mol. The summed E-state index contributed by atoms with van der Waals surface area (Å²) < 4.78 is 19.5. The number of hydrogen-bond acceptors (Lipinski definition) is 7. The van der Waals surface area contributed by atoms with E-state index in [0.29, 0.717) is 55.4 Å². The summed E-state index contributed by atoms with van der Waals surface area (Å²) in [4.78, 5) is 8.72. The third kappa shape index (κ3) is 6.74. The Kier molecular flexibility index (Phi) is 8.55. The molecule has 1 aliphatic heterocycles. The highest BCUT2D eigenvalue weighted by atomic mass is 19.1. The van der Waals surface area contributed by atoms with Gasteiger partial charge in [-0.15, -0.1) is 0 Å². The van der Waals surface area contributed by atoms with Crippen molar-refractivity contribution in [3.8, 4) is 11.8 Å². The number of aromatic nitrogens is 1. The monoisotopic (exact) mass is 532 g/mol. The number of nitriles is 1. The minimum atomic E-state index is -1.18. The van der Waals surface area contributed by atoms with Crippen molar-refractivity contribution in [2.45, 2.75) is 51.4 Å². The highest BCUT2D eigenvalue weighted by molar-refractivity contribution is 5.63. The van der Waals surface area contributed by atoms with Crippen LogP contribution in [-0.2, 0) is 11.2 Å². The Bertz CT molecular complexity index is 1300. The Morgan fingerprint density at radius 1 is 1.08 bits per heavy atom. The molecule has 0 amide bonds. The summed E-state index contributed by atoms with van der Waals surface area (Å²) in [5.41, 5.74) is 1.19. The molecule has 3 aromatic rings. The van der Waals surface area contributed by atoms with Gasteiger partial charge >= 0.3 is 0 Å². The number of rotatable bonds is 9. The van der Waals surface area contributed by atoms with E-state index in [-0.39, 0.29) is 11.9 Å². The number of pyridine rings is 1. The van der Waals surface area contributed by atoms with Crippen LogP contribution in [0.2, 0.25) is 0 Å². The van der Waals surface area contributed by atoms with E-state index < -0.39 is 11.2 Å². The normalized spacial score (nSPS) is 17.9. The summed E-state index contributed by atoms with van der Waals surface area (Å²) in [7, 11) is 0. The van der Waals surface area contributed by atoms with E-state index >= 15 is 0 Å². The second kappa shape index (κ2) is 11.7. The van der Waals surface area contributed by atoms with Crippen LogP contribution in [0.25, 0.3) is 0 Å². The van der Waals surface area contributed by atoms with Gasteiger partial charge in [0.1, 0.15) is 28.8 Å². The first kappa shape index (κ1) is 28.5. The SMILES string of the molecule is CCCOc1ccc(N2CCN(C[C@@](C)(O)c3ccc(C(C)(C)O)nc3)C[C@H]2c2ccc(F)cc2)c(C#N)c1. The second-order valence-corrected chi connectivity index (χ2v) is 10.9. The summed E-state index contributed by atoms with van der Waals surface area (Å²) >= 11 is 0. The molecule has 1 fully saturated rings. The minimum absolute atomic E-state index is 0.166.